The van der Waals surface area contributed by atoms with Crippen molar-refractivity contribution in [3.63, 3.8) is 0 Å². The number of carbonyl (C=O) groups excluding carboxylic acids is 5. The molecule has 1 saturated carbocycles. The molecule has 4 aromatic carbocycles. The number of methoxy groups -OCH3 is 5. The number of esters is 1. The van der Waals surface area contributed by atoms with Gasteiger partial charge in [0.15, 0.2) is 23.0 Å². The van der Waals surface area contributed by atoms with Crippen LogP contribution < -0.4 is 39.1 Å². The fraction of sp³-hybridized carbons (Fsp3) is 0.521. The van der Waals surface area contributed by atoms with Crippen LogP contribution in [-0.4, -0.2) is 164 Å². The number of aliphatic hydroxyl groups excluding tert-OH is 1. The monoisotopic (exact) mass is 1330 g/mol. The first-order chi connectivity index (χ1) is 45.9. The van der Waals surface area contributed by atoms with Crippen molar-refractivity contribution in [2.24, 2.45) is 11.3 Å². The van der Waals surface area contributed by atoms with Gasteiger partial charge in [-0.2, -0.15) is 0 Å². The number of thiazole rings is 1. The second-order valence-electron chi connectivity index (χ2n) is 25.5. The molecule has 23 nitrogen and oxygen atoms in total. The molecular weight excluding hydrogens is 1240 g/mol. The smallest absolute Gasteiger partial charge is 0.329 e. The molecular formula is C71H92N8O15S. The summed E-state index contributed by atoms with van der Waals surface area (Å²) in [6.07, 6.45) is 8.15. The van der Waals surface area contributed by atoms with E-state index in [-0.39, 0.29) is 70.3 Å². The summed E-state index contributed by atoms with van der Waals surface area (Å²) >= 11 is 1.56. The van der Waals surface area contributed by atoms with E-state index < -0.39 is 59.5 Å². The zero-order valence-electron chi connectivity index (χ0n) is 56.1. The largest absolute Gasteiger partial charge is 0.497 e. The minimum Gasteiger partial charge on any atom is -0.497 e. The number of rotatable bonds is 31. The number of aryl methyl sites for hydroxylation is 2. The molecule has 0 spiro atoms. The molecule has 2 saturated heterocycles. The third kappa shape index (κ3) is 18.6. The molecule has 24 heteroatoms. The molecule has 3 aliphatic rings. The van der Waals surface area contributed by atoms with Gasteiger partial charge in [0.2, 0.25) is 29.4 Å². The van der Waals surface area contributed by atoms with Gasteiger partial charge in [-0.05, 0) is 127 Å². The van der Waals surface area contributed by atoms with Crippen LogP contribution in [0.1, 0.15) is 131 Å². The van der Waals surface area contributed by atoms with Gasteiger partial charge in [0.25, 0.3) is 0 Å². The number of amides is 4. The van der Waals surface area contributed by atoms with Crippen molar-refractivity contribution in [3.8, 4) is 44.9 Å². The highest BCUT2D eigenvalue weighted by Gasteiger charge is 2.45. The van der Waals surface area contributed by atoms with E-state index in [1.165, 1.54) is 4.90 Å². The van der Waals surface area contributed by atoms with Crippen LogP contribution in [0.3, 0.4) is 0 Å². The number of carbonyl (C=O) groups is 5. The summed E-state index contributed by atoms with van der Waals surface area (Å²) in [5.41, 5.74) is 6.97. The molecule has 3 fully saturated rings. The van der Waals surface area contributed by atoms with Crippen LogP contribution in [0.25, 0.3) is 10.4 Å². The van der Waals surface area contributed by atoms with Crippen molar-refractivity contribution in [3.05, 3.63) is 124 Å². The average Bonchev–Trinajstić information content (AvgIpc) is 1.11. The maximum atomic E-state index is 15.2. The number of hydrogen-bond acceptors (Lipinski definition) is 19. The van der Waals surface area contributed by atoms with Crippen molar-refractivity contribution in [1.29, 1.82) is 0 Å². The minimum absolute atomic E-state index is 0.0399. The van der Waals surface area contributed by atoms with Crippen molar-refractivity contribution in [1.82, 2.24) is 40.4 Å². The van der Waals surface area contributed by atoms with Gasteiger partial charge in [-0.1, -0.05) is 87.7 Å². The normalized spacial score (nSPS) is 17.7. The maximum Gasteiger partial charge on any atom is 0.329 e. The average molecular weight is 1330 g/mol. The Hall–Kier alpha value is -8.32. The third-order valence-electron chi connectivity index (χ3n) is 17.9. The van der Waals surface area contributed by atoms with Gasteiger partial charge in [0.1, 0.15) is 48.9 Å². The molecule has 2 aromatic heterocycles. The number of piperidine rings is 1. The predicted molar refractivity (Wildman–Crippen MR) is 356 cm³/mol. The quantitative estimate of drug-likeness (QED) is 0.0270. The maximum absolute atomic E-state index is 15.2. The number of likely N-dealkylation sites (tertiary alicyclic amines) is 2. The molecule has 6 aromatic rings. The number of hydrogen-bond donors (Lipinski definition) is 3. The third-order valence-corrected chi connectivity index (χ3v) is 18.9. The Morgan fingerprint density at radius 3 is 2.16 bits per heavy atom. The molecule has 4 unspecified atom stereocenters. The Balaban J connectivity index is 0.727. The van der Waals surface area contributed by atoms with Gasteiger partial charge in [0.05, 0.1) is 96.2 Å². The first kappa shape index (κ1) is 71.0. The topological polar surface area (TPSA) is 263 Å². The van der Waals surface area contributed by atoms with Gasteiger partial charge in [-0.15, -0.1) is 16.4 Å². The van der Waals surface area contributed by atoms with Gasteiger partial charge in [0, 0.05) is 26.1 Å². The number of aliphatic hydroxyl groups is 1. The second kappa shape index (κ2) is 33.9. The molecule has 2 aliphatic heterocycles. The van der Waals surface area contributed by atoms with Crippen molar-refractivity contribution in [2.75, 3.05) is 75.1 Å². The van der Waals surface area contributed by atoms with E-state index >= 15 is 4.79 Å². The van der Waals surface area contributed by atoms with E-state index in [9.17, 15) is 24.3 Å². The Bertz CT molecular complexity index is 3510. The Labute approximate surface area is 560 Å². The molecule has 9 rings (SSSR count). The number of nitrogens with one attached hydrogen (secondary N) is 2. The van der Waals surface area contributed by atoms with Gasteiger partial charge >= 0.3 is 5.97 Å². The highest BCUT2D eigenvalue weighted by molar-refractivity contribution is 7.13. The Kier molecular flexibility index (Phi) is 25.3. The number of benzene rings is 4. The van der Waals surface area contributed by atoms with E-state index in [1.54, 1.807) is 62.7 Å². The first-order valence-corrected chi connectivity index (χ1v) is 33.6. The van der Waals surface area contributed by atoms with Crippen LogP contribution in [0, 0.1) is 18.3 Å². The summed E-state index contributed by atoms with van der Waals surface area (Å²) in [5, 5.41) is 24.9. The number of ether oxygens (including phenoxy) is 9. The van der Waals surface area contributed by atoms with E-state index in [0.29, 0.717) is 72.5 Å². The fourth-order valence-corrected chi connectivity index (χ4v) is 13.6. The summed E-state index contributed by atoms with van der Waals surface area (Å²) < 4.78 is 54.3. The Morgan fingerprint density at radius 2 is 1.46 bits per heavy atom. The second-order valence-corrected chi connectivity index (χ2v) is 26.3. The molecule has 4 amide bonds. The van der Waals surface area contributed by atoms with Crippen molar-refractivity contribution >= 4 is 40.9 Å². The standard InChI is InChI=1S/C71H92N8O15S/c1-45-65(95-44-73-45)49-25-21-47(22-26-49)39-72-67(82)56-38-53(80)41-79(56)69(84)66(71(2,3)4)74-62(81)43-92-33-32-91-31-30-77-40-52(75-76-77)42-93-58-28-24-46(34-59(58)87-6)23-27-57(50-18-15-19-54(35-50)86-5)94-70(85)55-20-13-14-29-78(55)68(83)63(48-16-11-10-12-17-48)51-36-60(88-7)64(90-9)61(37-51)89-8/h15,18-19,21-22,24-26,28,34-37,40,44,48,53,55-57,63,66,80H,10-14,16-17,20,23,27,29-33,38-39,41-43H2,1-9H3,(H,72,82)(H,74,81)/t53-,55?,56+,57?,63?,66?/m1/s1. The molecule has 6 atom stereocenters. The Morgan fingerprint density at radius 1 is 0.737 bits per heavy atom. The van der Waals surface area contributed by atoms with Crippen LogP contribution in [-0.2, 0) is 64.3 Å². The van der Waals surface area contributed by atoms with E-state index in [4.69, 9.17) is 42.6 Å². The van der Waals surface area contributed by atoms with E-state index in [1.807, 2.05) is 112 Å². The SMILES string of the molecule is COc1cccc(C(CCc2ccc(OCc3cn(CCOCCOCC(=O)NC(C(=O)N4C[C@H](O)C[C@H]4C(=O)NCc4ccc(-c5scnc5C)cc4)C(C)(C)C)nn3)c(OC)c2)OC(=O)C2CCCCN2C(=O)C(c2cc(OC)c(OC)c(OC)c2)C2CCCCC2)c1. The lowest BCUT2D eigenvalue weighted by atomic mass is 9.75. The van der Waals surface area contributed by atoms with Crippen LogP contribution >= 0.6 is 11.3 Å². The van der Waals surface area contributed by atoms with Gasteiger partial charge in [-0.25, -0.2) is 14.5 Å². The molecule has 512 valence electrons. The van der Waals surface area contributed by atoms with E-state index in [2.05, 4.69) is 25.9 Å². The van der Waals surface area contributed by atoms with Crippen LogP contribution in [0.2, 0.25) is 0 Å². The zero-order valence-corrected chi connectivity index (χ0v) is 56.9. The molecule has 95 heavy (non-hydrogen) atoms. The summed E-state index contributed by atoms with van der Waals surface area (Å²) in [7, 11) is 7.86. The molecule has 4 heterocycles. The number of nitrogens with zero attached hydrogens (tertiary/aromatic N) is 6. The highest BCUT2D eigenvalue weighted by atomic mass is 32.1. The summed E-state index contributed by atoms with van der Waals surface area (Å²) in [6.45, 7) is 8.79. The van der Waals surface area contributed by atoms with Crippen LogP contribution in [0.4, 0.5) is 0 Å². The van der Waals surface area contributed by atoms with E-state index in [0.717, 1.165) is 83.3 Å². The van der Waals surface area contributed by atoms with Gasteiger partial charge < -0.3 is 68.2 Å². The fourth-order valence-electron chi connectivity index (χ4n) is 12.8. The summed E-state index contributed by atoms with van der Waals surface area (Å²) in [5.74, 6) is 0.653. The lowest BCUT2D eigenvalue weighted by Crippen LogP contribution is -2.58. The molecule has 0 bridgehead atoms. The minimum atomic E-state index is -1.00. The lowest BCUT2D eigenvalue weighted by Gasteiger charge is -2.40. The molecule has 1 aliphatic carbocycles. The summed E-state index contributed by atoms with van der Waals surface area (Å²) in [4.78, 5) is 79.3. The molecule has 0 radical (unpaired) electrons. The van der Waals surface area contributed by atoms with Crippen molar-refractivity contribution < 1.29 is 71.7 Å². The molecule has 3 N–H and O–H groups in total. The van der Waals surface area contributed by atoms with Gasteiger partial charge in [-0.3, -0.25) is 19.2 Å². The van der Waals surface area contributed by atoms with Crippen molar-refractivity contribution in [2.45, 2.75) is 154 Å². The van der Waals surface area contributed by atoms with Crippen LogP contribution in [0.5, 0.6) is 34.5 Å². The highest BCUT2D eigenvalue weighted by Crippen LogP contribution is 2.46. The number of β-amino-alcohol motifs (C(OH)–C–C–N with tert-alkyl or cyclic N) is 1. The first-order valence-electron chi connectivity index (χ1n) is 32.7. The van der Waals surface area contributed by atoms with Crippen LogP contribution in [0.15, 0.2) is 90.6 Å². The predicted octanol–water partition coefficient (Wildman–Crippen LogP) is 9.14. The lowest BCUT2D eigenvalue weighted by molar-refractivity contribution is -0.163. The zero-order chi connectivity index (χ0) is 67.6. The summed E-state index contributed by atoms with van der Waals surface area (Å²) in [6, 6.07) is 22.1. The number of aromatic nitrogens is 4.